The molecule has 1 aliphatic heterocycles. The topological polar surface area (TPSA) is 92.2 Å². The summed E-state index contributed by atoms with van der Waals surface area (Å²) in [5.74, 6) is 0.376. The van der Waals surface area contributed by atoms with Gasteiger partial charge in [-0.05, 0) is 79.8 Å². The predicted octanol–water partition coefficient (Wildman–Crippen LogP) is 2.97. The molecular formula is C28H36N4O3. The summed E-state index contributed by atoms with van der Waals surface area (Å²) >= 11 is 0. The number of hydrogen-bond donors (Lipinski definition) is 3. The van der Waals surface area contributed by atoms with Crippen molar-refractivity contribution in [3.05, 3.63) is 74.7 Å². The largest absolute Gasteiger partial charge is 0.355 e. The summed E-state index contributed by atoms with van der Waals surface area (Å²) < 4.78 is 1.49. The molecule has 2 heterocycles. The molecular weight excluding hydrogens is 440 g/mol. The molecule has 7 nitrogen and oxygen atoms in total. The normalized spacial score (nSPS) is 17.6. The van der Waals surface area contributed by atoms with E-state index in [0.717, 1.165) is 56.3 Å². The number of pyridine rings is 1. The van der Waals surface area contributed by atoms with E-state index in [1.165, 1.54) is 23.2 Å². The standard InChI is InChI=1S/C28H36N4O3/c1-3-19-7-8-24-21(15-19)5-4-6-22(24)17-32-18-23(16-25(28(32)35)27(34)29-2)26(33)31-14-11-20-9-12-30-13-10-20/h4-8,16,18-20,30H,3,9-15,17H2,1-2H3,(H,29,34)(H,31,33). The van der Waals surface area contributed by atoms with Crippen LogP contribution in [0.3, 0.4) is 0 Å². The van der Waals surface area contributed by atoms with Crippen LogP contribution in [0.25, 0.3) is 6.08 Å². The van der Waals surface area contributed by atoms with Crippen molar-refractivity contribution in [1.82, 2.24) is 20.5 Å². The summed E-state index contributed by atoms with van der Waals surface area (Å²) in [6, 6.07) is 7.56. The average molecular weight is 477 g/mol. The van der Waals surface area contributed by atoms with Crippen LogP contribution in [-0.4, -0.2) is 43.1 Å². The van der Waals surface area contributed by atoms with Gasteiger partial charge in [-0.2, -0.15) is 0 Å². The van der Waals surface area contributed by atoms with Crippen molar-refractivity contribution in [1.29, 1.82) is 0 Å². The van der Waals surface area contributed by atoms with E-state index in [2.05, 4.69) is 41.1 Å². The third kappa shape index (κ3) is 5.90. The van der Waals surface area contributed by atoms with Gasteiger partial charge in [0.25, 0.3) is 17.4 Å². The molecule has 1 aromatic carbocycles. The number of hydrogen-bond acceptors (Lipinski definition) is 4. The SMILES string of the molecule is CCC1C=Cc2c(cccc2Cn2cc(C(=O)NCCC3CCNCC3)cc(C(=O)NC)c2=O)C1. The van der Waals surface area contributed by atoms with Crippen LogP contribution >= 0.6 is 0 Å². The van der Waals surface area contributed by atoms with Gasteiger partial charge in [0, 0.05) is 19.8 Å². The molecule has 2 aliphatic rings. The van der Waals surface area contributed by atoms with Gasteiger partial charge in [0.1, 0.15) is 5.56 Å². The van der Waals surface area contributed by atoms with Gasteiger partial charge >= 0.3 is 0 Å². The van der Waals surface area contributed by atoms with Crippen molar-refractivity contribution in [3.8, 4) is 0 Å². The van der Waals surface area contributed by atoms with Crippen molar-refractivity contribution in [2.45, 2.75) is 45.6 Å². The molecule has 0 bridgehead atoms. The van der Waals surface area contributed by atoms with Crippen LogP contribution in [0.15, 0.2) is 41.3 Å². The van der Waals surface area contributed by atoms with Crippen LogP contribution in [0, 0.1) is 11.8 Å². The minimum absolute atomic E-state index is 0.0232. The van der Waals surface area contributed by atoms with Crippen LogP contribution in [0.1, 0.15) is 70.0 Å². The zero-order chi connectivity index (χ0) is 24.8. The highest BCUT2D eigenvalue weighted by atomic mass is 16.2. The number of piperidine rings is 1. The Hall–Kier alpha value is -3.19. The van der Waals surface area contributed by atoms with E-state index in [1.54, 1.807) is 6.20 Å². The van der Waals surface area contributed by atoms with Gasteiger partial charge in [0.2, 0.25) is 0 Å². The summed E-state index contributed by atoms with van der Waals surface area (Å²) in [5.41, 5.74) is 3.29. The minimum atomic E-state index is -0.492. The number of fused-ring (bicyclic) bond motifs is 1. The van der Waals surface area contributed by atoms with Gasteiger partial charge in [0.05, 0.1) is 12.1 Å². The maximum Gasteiger partial charge on any atom is 0.263 e. The molecule has 1 unspecified atom stereocenters. The van der Waals surface area contributed by atoms with Gasteiger partial charge in [-0.25, -0.2) is 0 Å². The molecule has 1 fully saturated rings. The van der Waals surface area contributed by atoms with Crippen molar-refractivity contribution in [3.63, 3.8) is 0 Å². The Kier molecular flexibility index (Phi) is 8.18. The van der Waals surface area contributed by atoms with E-state index in [0.29, 0.717) is 30.5 Å². The highest BCUT2D eigenvalue weighted by Gasteiger charge is 2.20. The Morgan fingerprint density at radius 2 is 1.97 bits per heavy atom. The molecule has 35 heavy (non-hydrogen) atoms. The maximum atomic E-state index is 13.2. The molecule has 3 N–H and O–H groups in total. The Morgan fingerprint density at radius 1 is 1.17 bits per heavy atom. The zero-order valence-electron chi connectivity index (χ0n) is 20.7. The van der Waals surface area contributed by atoms with Crippen molar-refractivity contribution in [2.24, 2.45) is 11.8 Å². The molecule has 7 heteroatoms. The Labute approximate surface area is 207 Å². The smallest absolute Gasteiger partial charge is 0.263 e. The monoisotopic (exact) mass is 476 g/mol. The molecule has 2 amide bonds. The van der Waals surface area contributed by atoms with E-state index in [-0.39, 0.29) is 11.5 Å². The van der Waals surface area contributed by atoms with Crippen LogP contribution in [0.4, 0.5) is 0 Å². The minimum Gasteiger partial charge on any atom is -0.355 e. The first-order chi connectivity index (χ1) is 17.0. The first kappa shape index (κ1) is 24.9. The molecule has 0 saturated carbocycles. The maximum absolute atomic E-state index is 13.2. The van der Waals surface area contributed by atoms with Crippen LogP contribution in [-0.2, 0) is 13.0 Å². The van der Waals surface area contributed by atoms with Gasteiger partial charge in [-0.3, -0.25) is 14.4 Å². The third-order valence-electron chi connectivity index (χ3n) is 7.29. The molecule has 2 aromatic rings. The molecule has 4 rings (SSSR count). The van der Waals surface area contributed by atoms with E-state index in [9.17, 15) is 14.4 Å². The first-order valence-electron chi connectivity index (χ1n) is 12.7. The van der Waals surface area contributed by atoms with Gasteiger partial charge < -0.3 is 20.5 Å². The lowest BCUT2D eigenvalue weighted by Crippen LogP contribution is -2.35. The number of amides is 2. The zero-order valence-corrected chi connectivity index (χ0v) is 20.7. The number of carbonyl (C=O) groups excluding carboxylic acids is 2. The number of rotatable bonds is 8. The number of carbonyl (C=O) groups is 2. The lowest BCUT2D eigenvalue weighted by Gasteiger charge is -2.22. The van der Waals surface area contributed by atoms with Crippen LogP contribution < -0.4 is 21.5 Å². The molecule has 1 saturated heterocycles. The van der Waals surface area contributed by atoms with Gasteiger partial charge in [0.15, 0.2) is 0 Å². The van der Waals surface area contributed by atoms with E-state index < -0.39 is 11.5 Å². The number of allylic oxidation sites excluding steroid dienone is 1. The van der Waals surface area contributed by atoms with Crippen molar-refractivity contribution >= 4 is 17.9 Å². The molecule has 1 aliphatic carbocycles. The Balaban J connectivity index is 1.58. The van der Waals surface area contributed by atoms with Gasteiger partial charge in [-0.15, -0.1) is 0 Å². The Bertz CT molecular complexity index is 1160. The lowest BCUT2D eigenvalue weighted by atomic mass is 9.86. The third-order valence-corrected chi connectivity index (χ3v) is 7.29. The van der Waals surface area contributed by atoms with Crippen LogP contribution in [0.2, 0.25) is 0 Å². The fourth-order valence-electron chi connectivity index (χ4n) is 5.08. The number of nitrogens with one attached hydrogen (secondary N) is 3. The highest BCUT2D eigenvalue weighted by Crippen LogP contribution is 2.27. The quantitative estimate of drug-likeness (QED) is 0.546. The lowest BCUT2D eigenvalue weighted by molar-refractivity contribution is 0.0949. The molecule has 1 aromatic heterocycles. The number of benzene rings is 1. The second-order valence-corrected chi connectivity index (χ2v) is 9.61. The van der Waals surface area contributed by atoms with Crippen molar-refractivity contribution < 1.29 is 9.59 Å². The predicted molar refractivity (Wildman–Crippen MR) is 139 cm³/mol. The van der Waals surface area contributed by atoms with E-state index in [4.69, 9.17) is 0 Å². The summed E-state index contributed by atoms with van der Waals surface area (Å²) in [6.45, 7) is 5.11. The molecule has 1 atom stereocenters. The molecule has 186 valence electrons. The van der Waals surface area contributed by atoms with Crippen molar-refractivity contribution in [2.75, 3.05) is 26.7 Å². The average Bonchev–Trinajstić information content (AvgIpc) is 2.89. The number of nitrogens with zero attached hydrogens (tertiary/aromatic N) is 1. The summed E-state index contributed by atoms with van der Waals surface area (Å²) in [4.78, 5) is 38.6. The summed E-state index contributed by atoms with van der Waals surface area (Å²) in [6.07, 6.45) is 11.2. The first-order valence-corrected chi connectivity index (χ1v) is 12.7. The fourth-order valence-corrected chi connectivity index (χ4v) is 5.08. The van der Waals surface area contributed by atoms with Crippen LogP contribution in [0.5, 0.6) is 0 Å². The second-order valence-electron chi connectivity index (χ2n) is 9.61. The Morgan fingerprint density at radius 3 is 2.71 bits per heavy atom. The molecule has 0 radical (unpaired) electrons. The van der Waals surface area contributed by atoms with E-state index in [1.807, 2.05) is 12.1 Å². The summed E-state index contributed by atoms with van der Waals surface area (Å²) in [5, 5.41) is 8.87. The van der Waals surface area contributed by atoms with Gasteiger partial charge in [-0.1, -0.05) is 37.3 Å². The summed E-state index contributed by atoms with van der Waals surface area (Å²) in [7, 11) is 1.49. The highest BCUT2D eigenvalue weighted by molar-refractivity contribution is 5.99. The van der Waals surface area contributed by atoms with E-state index >= 15 is 0 Å². The second kappa shape index (κ2) is 11.5. The number of aromatic nitrogens is 1. The molecule has 0 spiro atoms. The fraction of sp³-hybridized carbons (Fsp3) is 0.464.